The lowest BCUT2D eigenvalue weighted by Gasteiger charge is -2.13. The van der Waals surface area contributed by atoms with Gasteiger partial charge in [-0.15, -0.1) is 0 Å². The average Bonchev–Trinajstić information content (AvgIpc) is 2.64. The zero-order chi connectivity index (χ0) is 18.2. The van der Waals surface area contributed by atoms with Crippen molar-refractivity contribution in [1.82, 2.24) is 5.32 Å². The van der Waals surface area contributed by atoms with Gasteiger partial charge in [-0.3, -0.25) is 0 Å². The smallest absolute Gasteiger partial charge is 0.189 e. The standard InChI is InChI=1S/C19H25N3O3/c1-13-5-4-6-15(9-13)16(23)12-22-19(20)21-11-14-7-8-17(24-2)18(10-14)25-3/h4-10,16,23H,11-12H2,1-3H3,(H3,20,21,22). The van der Waals surface area contributed by atoms with Gasteiger partial charge in [0.1, 0.15) is 0 Å². The summed E-state index contributed by atoms with van der Waals surface area (Å²) in [5.74, 6) is 1.60. The van der Waals surface area contributed by atoms with Crippen molar-refractivity contribution in [3.63, 3.8) is 0 Å². The molecule has 2 aromatic rings. The van der Waals surface area contributed by atoms with Gasteiger partial charge in [0, 0.05) is 6.54 Å². The number of aryl methyl sites for hydroxylation is 1. The molecule has 0 saturated heterocycles. The zero-order valence-electron chi connectivity index (χ0n) is 14.8. The molecule has 0 bridgehead atoms. The van der Waals surface area contributed by atoms with Gasteiger partial charge >= 0.3 is 0 Å². The molecule has 6 heteroatoms. The van der Waals surface area contributed by atoms with Crippen LogP contribution in [0, 0.1) is 6.92 Å². The van der Waals surface area contributed by atoms with Crippen molar-refractivity contribution in [2.45, 2.75) is 19.6 Å². The number of nitrogens with one attached hydrogen (secondary N) is 1. The van der Waals surface area contributed by atoms with E-state index in [2.05, 4.69) is 10.3 Å². The number of aliphatic imine (C=N–C) groups is 1. The number of nitrogens with two attached hydrogens (primary N) is 1. The van der Waals surface area contributed by atoms with Crippen molar-refractivity contribution in [1.29, 1.82) is 0 Å². The van der Waals surface area contributed by atoms with Crippen LogP contribution in [0.5, 0.6) is 11.5 Å². The van der Waals surface area contributed by atoms with Crippen LogP contribution in [0.3, 0.4) is 0 Å². The number of nitrogens with zero attached hydrogens (tertiary/aromatic N) is 1. The first-order valence-electron chi connectivity index (χ1n) is 8.02. The Bertz CT molecular complexity index is 732. The summed E-state index contributed by atoms with van der Waals surface area (Å²) < 4.78 is 10.5. The molecule has 2 rings (SSSR count). The number of methoxy groups -OCH3 is 2. The van der Waals surface area contributed by atoms with Crippen LogP contribution in [-0.2, 0) is 6.54 Å². The fraction of sp³-hybridized carbons (Fsp3) is 0.316. The van der Waals surface area contributed by atoms with Crippen molar-refractivity contribution in [3.8, 4) is 11.5 Å². The van der Waals surface area contributed by atoms with E-state index in [1.807, 2.05) is 49.4 Å². The van der Waals surface area contributed by atoms with Crippen molar-refractivity contribution < 1.29 is 14.6 Å². The molecule has 25 heavy (non-hydrogen) atoms. The second kappa shape index (κ2) is 8.94. The molecule has 0 aliphatic carbocycles. The zero-order valence-corrected chi connectivity index (χ0v) is 14.8. The van der Waals surface area contributed by atoms with Crippen LogP contribution in [0.25, 0.3) is 0 Å². The van der Waals surface area contributed by atoms with E-state index in [-0.39, 0.29) is 5.96 Å². The molecule has 0 aromatic heterocycles. The highest BCUT2D eigenvalue weighted by molar-refractivity contribution is 5.77. The Kier molecular flexibility index (Phi) is 6.65. The Morgan fingerprint density at radius 1 is 1.16 bits per heavy atom. The molecule has 0 heterocycles. The Labute approximate surface area is 148 Å². The minimum atomic E-state index is -0.644. The Hall–Kier alpha value is -2.73. The predicted molar refractivity (Wildman–Crippen MR) is 99.0 cm³/mol. The van der Waals surface area contributed by atoms with Gasteiger partial charge < -0.3 is 25.6 Å². The minimum absolute atomic E-state index is 0.279. The third-order valence-electron chi connectivity index (χ3n) is 3.78. The van der Waals surface area contributed by atoms with E-state index in [0.29, 0.717) is 24.6 Å². The highest BCUT2D eigenvalue weighted by Crippen LogP contribution is 2.27. The summed E-state index contributed by atoms with van der Waals surface area (Å²) in [6.07, 6.45) is -0.644. The molecule has 0 aliphatic heterocycles. The fourth-order valence-corrected chi connectivity index (χ4v) is 2.41. The molecule has 0 radical (unpaired) electrons. The van der Waals surface area contributed by atoms with E-state index in [4.69, 9.17) is 15.2 Å². The molecule has 0 spiro atoms. The summed E-state index contributed by atoms with van der Waals surface area (Å²) in [4.78, 5) is 4.28. The SMILES string of the molecule is COc1ccc(CN=C(N)NCC(O)c2cccc(C)c2)cc1OC. The summed E-state index contributed by atoms with van der Waals surface area (Å²) in [5, 5.41) is 13.1. The van der Waals surface area contributed by atoms with Crippen LogP contribution in [0.1, 0.15) is 22.8 Å². The van der Waals surface area contributed by atoms with Gasteiger partial charge in [0.15, 0.2) is 17.5 Å². The van der Waals surface area contributed by atoms with E-state index >= 15 is 0 Å². The van der Waals surface area contributed by atoms with E-state index in [0.717, 1.165) is 16.7 Å². The normalized spacial score (nSPS) is 12.6. The molecule has 1 unspecified atom stereocenters. The van der Waals surface area contributed by atoms with Crippen molar-refractivity contribution in [3.05, 3.63) is 59.2 Å². The molecule has 1 atom stereocenters. The Morgan fingerprint density at radius 2 is 1.92 bits per heavy atom. The van der Waals surface area contributed by atoms with Crippen LogP contribution >= 0.6 is 0 Å². The highest BCUT2D eigenvalue weighted by atomic mass is 16.5. The van der Waals surface area contributed by atoms with Gasteiger partial charge in [-0.05, 0) is 30.2 Å². The van der Waals surface area contributed by atoms with Crippen LogP contribution in [-0.4, -0.2) is 31.8 Å². The first kappa shape index (κ1) is 18.6. The third kappa shape index (κ3) is 5.39. The molecule has 0 fully saturated rings. The molecule has 2 aromatic carbocycles. The number of benzene rings is 2. The Balaban J connectivity index is 1.91. The maximum atomic E-state index is 10.2. The molecule has 134 valence electrons. The van der Waals surface area contributed by atoms with Crippen molar-refractivity contribution >= 4 is 5.96 Å². The van der Waals surface area contributed by atoms with E-state index in [1.54, 1.807) is 14.2 Å². The molecular weight excluding hydrogens is 318 g/mol. The van der Waals surface area contributed by atoms with Gasteiger partial charge in [-0.1, -0.05) is 35.9 Å². The summed E-state index contributed by atoms with van der Waals surface area (Å²) in [5.41, 5.74) is 8.77. The summed E-state index contributed by atoms with van der Waals surface area (Å²) in [6.45, 7) is 2.69. The number of ether oxygens (including phenoxy) is 2. The molecule has 0 amide bonds. The number of aliphatic hydroxyl groups is 1. The lowest BCUT2D eigenvalue weighted by atomic mass is 10.1. The number of hydrogen-bond acceptors (Lipinski definition) is 4. The van der Waals surface area contributed by atoms with Crippen molar-refractivity contribution in [2.24, 2.45) is 10.7 Å². The summed E-state index contributed by atoms with van der Waals surface area (Å²) in [6, 6.07) is 13.3. The molecule has 0 saturated carbocycles. The minimum Gasteiger partial charge on any atom is -0.493 e. The van der Waals surface area contributed by atoms with Gasteiger partial charge in [0.2, 0.25) is 0 Å². The van der Waals surface area contributed by atoms with Gasteiger partial charge in [0.25, 0.3) is 0 Å². The maximum Gasteiger partial charge on any atom is 0.189 e. The molecule has 0 aliphatic rings. The van der Waals surface area contributed by atoms with Crippen LogP contribution in [0.15, 0.2) is 47.5 Å². The first-order valence-corrected chi connectivity index (χ1v) is 8.02. The van der Waals surface area contributed by atoms with E-state index in [1.165, 1.54) is 0 Å². The second-order valence-corrected chi connectivity index (χ2v) is 5.70. The molecule has 4 N–H and O–H groups in total. The lowest BCUT2D eigenvalue weighted by molar-refractivity contribution is 0.181. The monoisotopic (exact) mass is 343 g/mol. The summed E-state index contributed by atoms with van der Waals surface area (Å²) in [7, 11) is 3.19. The predicted octanol–water partition coefficient (Wildman–Crippen LogP) is 2.15. The quantitative estimate of drug-likeness (QED) is 0.529. The third-order valence-corrected chi connectivity index (χ3v) is 3.78. The average molecular weight is 343 g/mol. The lowest BCUT2D eigenvalue weighted by Crippen LogP contribution is -2.34. The fourth-order valence-electron chi connectivity index (χ4n) is 2.41. The number of rotatable bonds is 7. The van der Waals surface area contributed by atoms with E-state index in [9.17, 15) is 5.11 Å². The van der Waals surface area contributed by atoms with Gasteiger partial charge in [-0.2, -0.15) is 0 Å². The number of guanidine groups is 1. The number of hydrogen-bond donors (Lipinski definition) is 3. The highest BCUT2D eigenvalue weighted by Gasteiger charge is 2.08. The maximum absolute atomic E-state index is 10.2. The van der Waals surface area contributed by atoms with Crippen molar-refractivity contribution in [2.75, 3.05) is 20.8 Å². The topological polar surface area (TPSA) is 89.1 Å². The van der Waals surface area contributed by atoms with Gasteiger partial charge in [0.05, 0.1) is 26.9 Å². The molecular formula is C19H25N3O3. The van der Waals surface area contributed by atoms with Crippen LogP contribution < -0.4 is 20.5 Å². The van der Waals surface area contributed by atoms with E-state index < -0.39 is 6.10 Å². The summed E-state index contributed by atoms with van der Waals surface area (Å²) >= 11 is 0. The molecule has 6 nitrogen and oxygen atoms in total. The van der Waals surface area contributed by atoms with Crippen LogP contribution in [0.2, 0.25) is 0 Å². The first-order chi connectivity index (χ1) is 12.0. The Morgan fingerprint density at radius 3 is 2.60 bits per heavy atom. The second-order valence-electron chi connectivity index (χ2n) is 5.70. The number of aliphatic hydroxyl groups excluding tert-OH is 1. The van der Waals surface area contributed by atoms with Gasteiger partial charge in [-0.25, -0.2) is 4.99 Å². The van der Waals surface area contributed by atoms with Crippen LogP contribution in [0.4, 0.5) is 0 Å². The largest absolute Gasteiger partial charge is 0.493 e.